The summed E-state index contributed by atoms with van der Waals surface area (Å²) in [4.78, 5) is 19.7. The zero-order valence-electron chi connectivity index (χ0n) is 8.98. The van der Waals surface area contributed by atoms with E-state index in [0.29, 0.717) is 22.0 Å². The minimum Gasteiger partial charge on any atom is -0.477 e. The second kappa shape index (κ2) is 4.93. The van der Waals surface area contributed by atoms with Crippen LogP contribution in [0.3, 0.4) is 0 Å². The average molecular weight is 313 g/mol. The average Bonchev–Trinajstić information content (AvgIpc) is 2.73. The van der Waals surface area contributed by atoms with Gasteiger partial charge in [-0.15, -0.1) is 11.3 Å². The van der Waals surface area contributed by atoms with E-state index in [1.165, 1.54) is 11.3 Å². The quantitative estimate of drug-likeness (QED) is 0.945. The third-order valence-electron chi connectivity index (χ3n) is 2.18. The SMILES string of the molecule is CCc1nc(-c2cncc(Br)c2)sc1C(=O)O. The Labute approximate surface area is 110 Å². The van der Waals surface area contributed by atoms with Crippen molar-refractivity contribution in [3.05, 3.63) is 33.5 Å². The van der Waals surface area contributed by atoms with Crippen LogP contribution in [0.2, 0.25) is 0 Å². The van der Waals surface area contributed by atoms with E-state index in [4.69, 9.17) is 5.11 Å². The molecule has 0 aromatic carbocycles. The van der Waals surface area contributed by atoms with Crippen LogP contribution in [-0.2, 0) is 6.42 Å². The van der Waals surface area contributed by atoms with E-state index in [1.54, 1.807) is 12.4 Å². The number of aromatic nitrogens is 2. The summed E-state index contributed by atoms with van der Waals surface area (Å²) in [5.74, 6) is -0.923. The first-order valence-electron chi connectivity index (χ1n) is 4.95. The monoisotopic (exact) mass is 312 g/mol. The molecule has 0 bridgehead atoms. The molecule has 2 aromatic heterocycles. The molecule has 4 nitrogen and oxygen atoms in total. The first kappa shape index (κ1) is 12.2. The largest absolute Gasteiger partial charge is 0.477 e. The molecule has 0 saturated heterocycles. The maximum atomic E-state index is 11.0. The van der Waals surface area contributed by atoms with Gasteiger partial charge in [-0.25, -0.2) is 9.78 Å². The maximum absolute atomic E-state index is 11.0. The summed E-state index contributed by atoms with van der Waals surface area (Å²) in [6, 6.07) is 1.87. The molecular formula is C11H9BrN2O2S. The van der Waals surface area contributed by atoms with Crippen LogP contribution in [-0.4, -0.2) is 21.0 Å². The van der Waals surface area contributed by atoms with Crippen LogP contribution in [0.15, 0.2) is 22.9 Å². The Morgan fingerprint density at radius 1 is 1.53 bits per heavy atom. The summed E-state index contributed by atoms with van der Waals surface area (Å²) in [7, 11) is 0. The number of carbonyl (C=O) groups is 1. The van der Waals surface area contributed by atoms with Gasteiger partial charge in [-0.1, -0.05) is 6.92 Å². The number of halogens is 1. The molecule has 2 heterocycles. The number of aromatic carboxylic acids is 1. The van der Waals surface area contributed by atoms with E-state index in [2.05, 4.69) is 25.9 Å². The zero-order valence-corrected chi connectivity index (χ0v) is 11.4. The van der Waals surface area contributed by atoms with E-state index >= 15 is 0 Å². The van der Waals surface area contributed by atoms with Crippen molar-refractivity contribution in [3.8, 4) is 10.6 Å². The van der Waals surface area contributed by atoms with Gasteiger partial charge >= 0.3 is 5.97 Å². The van der Waals surface area contributed by atoms with Crippen molar-refractivity contribution in [1.82, 2.24) is 9.97 Å². The number of carboxylic acids is 1. The Morgan fingerprint density at radius 2 is 2.29 bits per heavy atom. The number of thiazole rings is 1. The lowest BCUT2D eigenvalue weighted by Crippen LogP contribution is -1.97. The van der Waals surface area contributed by atoms with E-state index in [-0.39, 0.29) is 0 Å². The summed E-state index contributed by atoms with van der Waals surface area (Å²) in [5, 5.41) is 9.75. The van der Waals surface area contributed by atoms with Gasteiger partial charge < -0.3 is 5.11 Å². The lowest BCUT2D eigenvalue weighted by molar-refractivity contribution is 0.0701. The van der Waals surface area contributed by atoms with Crippen LogP contribution in [0, 0.1) is 0 Å². The minimum atomic E-state index is -0.923. The fourth-order valence-corrected chi connectivity index (χ4v) is 2.75. The number of aryl methyl sites for hydroxylation is 1. The molecule has 0 aliphatic rings. The van der Waals surface area contributed by atoms with Gasteiger partial charge in [-0.3, -0.25) is 4.98 Å². The van der Waals surface area contributed by atoms with Crippen molar-refractivity contribution in [2.75, 3.05) is 0 Å². The summed E-state index contributed by atoms with van der Waals surface area (Å²) >= 11 is 4.51. The molecule has 0 atom stereocenters. The number of carboxylic acid groups (broad SMARTS) is 1. The van der Waals surface area contributed by atoms with E-state index in [9.17, 15) is 4.79 Å². The Balaban J connectivity index is 2.50. The van der Waals surface area contributed by atoms with Crippen LogP contribution < -0.4 is 0 Å². The highest BCUT2D eigenvalue weighted by atomic mass is 79.9. The van der Waals surface area contributed by atoms with E-state index in [0.717, 1.165) is 10.0 Å². The number of hydrogen-bond acceptors (Lipinski definition) is 4. The lowest BCUT2D eigenvalue weighted by Gasteiger charge is -1.95. The molecule has 17 heavy (non-hydrogen) atoms. The Hall–Kier alpha value is -1.27. The molecule has 88 valence electrons. The molecular weight excluding hydrogens is 304 g/mol. The number of pyridine rings is 1. The first-order chi connectivity index (χ1) is 8.11. The predicted molar refractivity (Wildman–Crippen MR) is 69.4 cm³/mol. The van der Waals surface area contributed by atoms with Gasteiger partial charge in [-0.2, -0.15) is 0 Å². The van der Waals surface area contributed by atoms with E-state index in [1.807, 2.05) is 13.0 Å². The molecule has 0 amide bonds. The highest BCUT2D eigenvalue weighted by Crippen LogP contribution is 2.29. The fourth-order valence-electron chi connectivity index (χ4n) is 1.41. The van der Waals surface area contributed by atoms with Gasteiger partial charge in [0.05, 0.1) is 5.69 Å². The van der Waals surface area contributed by atoms with Crippen LogP contribution in [0.25, 0.3) is 10.6 Å². The molecule has 2 aromatic rings. The van der Waals surface area contributed by atoms with Gasteiger partial charge in [0, 0.05) is 22.4 Å². The molecule has 0 radical (unpaired) electrons. The fraction of sp³-hybridized carbons (Fsp3) is 0.182. The summed E-state index contributed by atoms with van der Waals surface area (Å²) in [5.41, 5.74) is 1.45. The van der Waals surface area contributed by atoms with Crippen LogP contribution in [0.4, 0.5) is 0 Å². The minimum absolute atomic E-state index is 0.308. The van der Waals surface area contributed by atoms with Crippen LogP contribution in [0.1, 0.15) is 22.3 Å². The standard InChI is InChI=1S/C11H9BrN2O2S/c1-2-8-9(11(15)16)17-10(14-8)6-3-7(12)5-13-4-6/h3-5H,2H2,1H3,(H,15,16). The molecule has 6 heteroatoms. The lowest BCUT2D eigenvalue weighted by atomic mass is 10.3. The summed E-state index contributed by atoms with van der Waals surface area (Å²) < 4.78 is 0.847. The second-order valence-corrected chi connectivity index (χ2v) is 5.26. The highest BCUT2D eigenvalue weighted by molar-refractivity contribution is 9.10. The maximum Gasteiger partial charge on any atom is 0.347 e. The Kier molecular flexibility index (Phi) is 3.54. The number of hydrogen-bond donors (Lipinski definition) is 1. The third-order valence-corrected chi connectivity index (χ3v) is 3.75. The molecule has 2 rings (SSSR count). The highest BCUT2D eigenvalue weighted by Gasteiger charge is 2.16. The Morgan fingerprint density at radius 3 is 2.82 bits per heavy atom. The number of nitrogens with zero attached hydrogens (tertiary/aromatic N) is 2. The Bertz CT molecular complexity index is 568. The van der Waals surface area contributed by atoms with Crippen molar-refractivity contribution in [3.63, 3.8) is 0 Å². The van der Waals surface area contributed by atoms with Gasteiger partial charge in [0.1, 0.15) is 9.88 Å². The molecule has 0 unspecified atom stereocenters. The topological polar surface area (TPSA) is 63.1 Å². The predicted octanol–water partition coefficient (Wildman–Crippen LogP) is 3.23. The molecule has 0 saturated carbocycles. The van der Waals surface area contributed by atoms with Gasteiger partial charge in [0.25, 0.3) is 0 Å². The van der Waals surface area contributed by atoms with Gasteiger partial charge in [0.15, 0.2) is 0 Å². The smallest absolute Gasteiger partial charge is 0.347 e. The van der Waals surface area contributed by atoms with Crippen molar-refractivity contribution in [1.29, 1.82) is 0 Å². The normalized spacial score (nSPS) is 10.5. The van der Waals surface area contributed by atoms with Crippen molar-refractivity contribution < 1.29 is 9.90 Å². The summed E-state index contributed by atoms with van der Waals surface area (Å²) in [6.07, 6.45) is 3.96. The molecule has 1 N–H and O–H groups in total. The second-order valence-electron chi connectivity index (χ2n) is 3.35. The third kappa shape index (κ3) is 2.53. The van der Waals surface area contributed by atoms with Gasteiger partial charge in [-0.05, 0) is 28.4 Å². The molecule has 0 aliphatic carbocycles. The van der Waals surface area contributed by atoms with Crippen LogP contribution in [0.5, 0.6) is 0 Å². The van der Waals surface area contributed by atoms with Gasteiger partial charge in [0.2, 0.25) is 0 Å². The van der Waals surface area contributed by atoms with Crippen molar-refractivity contribution in [2.45, 2.75) is 13.3 Å². The molecule has 0 aliphatic heterocycles. The van der Waals surface area contributed by atoms with E-state index < -0.39 is 5.97 Å². The van der Waals surface area contributed by atoms with Crippen molar-refractivity contribution >= 4 is 33.2 Å². The van der Waals surface area contributed by atoms with Crippen LogP contribution >= 0.6 is 27.3 Å². The zero-order chi connectivity index (χ0) is 12.4. The molecule has 0 fully saturated rings. The summed E-state index contributed by atoms with van der Waals surface area (Å²) in [6.45, 7) is 1.89. The first-order valence-corrected chi connectivity index (χ1v) is 6.56. The number of rotatable bonds is 3. The molecule has 0 spiro atoms. The van der Waals surface area contributed by atoms with Crippen molar-refractivity contribution in [2.24, 2.45) is 0 Å².